The third kappa shape index (κ3) is 10.3. The number of carbonyl (C=O) groups is 2. The topological polar surface area (TPSA) is 65.1 Å². The Balaban J connectivity index is 1.84. The maximum absolute atomic E-state index is 15.7. The van der Waals surface area contributed by atoms with Crippen molar-refractivity contribution in [2.45, 2.75) is 117 Å². The Labute approximate surface area is 256 Å². The molecule has 1 unspecified atom stereocenters. The summed E-state index contributed by atoms with van der Waals surface area (Å²) in [4.78, 5) is 27.1. The first-order chi connectivity index (χ1) is 20.1. The summed E-state index contributed by atoms with van der Waals surface area (Å²) in [5.41, 5.74) is 0.374. The van der Waals surface area contributed by atoms with Gasteiger partial charge in [0.2, 0.25) is 0 Å². The summed E-state index contributed by atoms with van der Waals surface area (Å²) < 4.78 is 48.4. The number of piperidine rings is 1. The van der Waals surface area contributed by atoms with E-state index in [1.807, 2.05) is 37.3 Å². The number of amides is 1. The number of benzene rings is 1. The molecule has 1 aromatic rings. The van der Waals surface area contributed by atoms with Crippen LogP contribution in [0.15, 0.2) is 41.5 Å². The third-order valence-corrected chi connectivity index (χ3v) is 8.18. The zero-order chi connectivity index (χ0) is 31.9. The van der Waals surface area contributed by atoms with Gasteiger partial charge in [0.25, 0.3) is 0 Å². The van der Waals surface area contributed by atoms with Gasteiger partial charge in [-0.3, -0.25) is 0 Å². The number of halogens is 2. The number of hydrogen-bond donors (Lipinski definition) is 0. The molecule has 238 valence electrons. The fourth-order valence-corrected chi connectivity index (χ4v) is 5.73. The van der Waals surface area contributed by atoms with Gasteiger partial charge >= 0.3 is 18.0 Å². The van der Waals surface area contributed by atoms with Crippen molar-refractivity contribution in [3.05, 3.63) is 47.0 Å². The van der Waals surface area contributed by atoms with E-state index in [9.17, 15) is 9.59 Å². The van der Waals surface area contributed by atoms with Crippen molar-refractivity contribution in [1.29, 1.82) is 0 Å². The quantitative estimate of drug-likeness (QED) is 0.211. The van der Waals surface area contributed by atoms with Crippen molar-refractivity contribution in [3.63, 3.8) is 0 Å². The summed E-state index contributed by atoms with van der Waals surface area (Å²) in [6.45, 7) is 14.3. The third-order valence-electron chi connectivity index (χ3n) is 8.18. The van der Waals surface area contributed by atoms with Crippen LogP contribution < -0.4 is 0 Å². The molecule has 2 aliphatic rings. The second-order valence-corrected chi connectivity index (χ2v) is 13.6. The number of nitrogens with zero attached hydrogens (tertiary/aromatic N) is 1. The van der Waals surface area contributed by atoms with Crippen molar-refractivity contribution in [2.75, 3.05) is 19.7 Å². The minimum absolute atomic E-state index is 0.0944. The first-order valence-corrected chi connectivity index (χ1v) is 15.5. The van der Waals surface area contributed by atoms with Crippen LogP contribution in [0, 0.1) is 23.2 Å². The molecule has 1 aliphatic heterocycles. The number of hydrogen-bond acceptors (Lipinski definition) is 5. The normalized spacial score (nSPS) is 19.2. The first-order valence-electron chi connectivity index (χ1n) is 15.5. The van der Waals surface area contributed by atoms with Crippen molar-refractivity contribution in [1.82, 2.24) is 4.90 Å². The van der Waals surface area contributed by atoms with E-state index in [-0.39, 0.29) is 44.6 Å². The number of rotatable bonds is 9. The molecule has 0 aromatic heterocycles. The van der Waals surface area contributed by atoms with Crippen LogP contribution in [0.2, 0.25) is 0 Å². The van der Waals surface area contributed by atoms with Gasteiger partial charge in [0.15, 0.2) is 0 Å². The molecule has 1 saturated heterocycles. The molecule has 0 bridgehead atoms. The minimum atomic E-state index is -3.30. The Kier molecular flexibility index (Phi) is 11.4. The highest BCUT2D eigenvalue weighted by atomic mass is 19.3. The van der Waals surface area contributed by atoms with Gasteiger partial charge < -0.3 is 19.1 Å². The van der Waals surface area contributed by atoms with E-state index < -0.39 is 41.5 Å². The van der Waals surface area contributed by atoms with Crippen LogP contribution in [0.25, 0.3) is 0 Å². The summed E-state index contributed by atoms with van der Waals surface area (Å²) in [6.07, 6.45) is 2.05. The molecule has 6 nitrogen and oxygen atoms in total. The molecule has 1 fully saturated rings. The van der Waals surface area contributed by atoms with Crippen LogP contribution in [0.4, 0.5) is 13.6 Å². The van der Waals surface area contributed by atoms with Crippen molar-refractivity contribution in [2.24, 2.45) is 11.3 Å². The fourth-order valence-electron chi connectivity index (χ4n) is 5.73. The molecule has 1 heterocycles. The summed E-state index contributed by atoms with van der Waals surface area (Å²) in [5, 5.41) is 0. The zero-order valence-electron chi connectivity index (χ0n) is 27.0. The maximum atomic E-state index is 15.7. The van der Waals surface area contributed by atoms with Gasteiger partial charge in [-0.1, -0.05) is 62.6 Å². The molecule has 0 radical (unpaired) electrons. The Bertz CT molecular complexity index is 1200. The highest BCUT2D eigenvalue weighted by Crippen LogP contribution is 2.44. The predicted molar refractivity (Wildman–Crippen MR) is 163 cm³/mol. The van der Waals surface area contributed by atoms with E-state index in [1.54, 1.807) is 32.6 Å². The largest absolute Gasteiger partial charge is 0.463 e. The fraction of sp³-hybridized carbons (Fsp3) is 0.657. The average Bonchev–Trinajstić information content (AvgIpc) is 2.94. The molecule has 1 aliphatic carbocycles. The minimum Gasteiger partial charge on any atom is -0.463 e. The summed E-state index contributed by atoms with van der Waals surface area (Å²) >= 11 is 0. The lowest BCUT2D eigenvalue weighted by molar-refractivity contribution is -0.139. The molecule has 1 atom stereocenters. The molecular formula is C35H49F2NO5. The van der Waals surface area contributed by atoms with Crippen molar-refractivity contribution >= 4 is 12.1 Å². The van der Waals surface area contributed by atoms with Gasteiger partial charge in [-0.15, -0.1) is 0 Å². The van der Waals surface area contributed by atoms with Crippen LogP contribution in [0.5, 0.6) is 0 Å². The molecule has 8 heteroatoms. The molecule has 1 amide bonds. The summed E-state index contributed by atoms with van der Waals surface area (Å²) in [5.74, 6) is 0.950. The lowest BCUT2D eigenvalue weighted by Crippen LogP contribution is -2.48. The van der Waals surface area contributed by atoms with Crippen molar-refractivity contribution < 1.29 is 32.6 Å². The van der Waals surface area contributed by atoms with E-state index >= 15 is 8.78 Å². The van der Waals surface area contributed by atoms with E-state index in [1.165, 1.54) is 0 Å². The van der Waals surface area contributed by atoms with E-state index in [0.717, 1.165) is 17.6 Å². The summed E-state index contributed by atoms with van der Waals surface area (Å²) in [7, 11) is 0. The van der Waals surface area contributed by atoms with E-state index in [4.69, 9.17) is 14.2 Å². The Morgan fingerprint density at radius 3 is 2.28 bits per heavy atom. The van der Waals surface area contributed by atoms with Gasteiger partial charge in [0, 0.05) is 37.9 Å². The van der Waals surface area contributed by atoms with E-state index in [0.29, 0.717) is 24.8 Å². The average molecular weight is 602 g/mol. The number of ether oxygens (including phenoxy) is 3. The van der Waals surface area contributed by atoms with Crippen LogP contribution in [0.1, 0.15) is 99.0 Å². The Morgan fingerprint density at radius 1 is 1.05 bits per heavy atom. The molecule has 0 spiro atoms. The second kappa shape index (κ2) is 14.2. The number of allylic oxidation sites excluding steroid dienone is 1. The van der Waals surface area contributed by atoms with Gasteiger partial charge in [0.1, 0.15) is 11.2 Å². The number of esters is 1. The Hall–Kier alpha value is -2.92. The SMILES string of the molecule is CCOC(=O)C1=C(C(CC)CC(F)(F)C#CC2(OCc3ccccc3)CCN(C(=O)OC(C)(C)C)CC2)CCC(C)(C)C1. The highest BCUT2D eigenvalue weighted by molar-refractivity contribution is 5.89. The molecule has 1 aromatic carbocycles. The second-order valence-electron chi connectivity index (χ2n) is 13.6. The Morgan fingerprint density at radius 2 is 1.70 bits per heavy atom. The first kappa shape index (κ1) is 34.6. The lowest BCUT2D eigenvalue weighted by atomic mass is 9.70. The number of carbonyl (C=O) groups excluding carboxylic acids is 2. The van der Waals surface area contributed by atoms with Gasteiger partial charge in [0.05, 0.1) is 13.2 Å². The van der Waals surface area contributed by atoms with Gasteiger partial charge in [-0.2, -0.15) is 8.78 Å². The highest BCUT2D eigenvalue weighted by Gasteiger charge is 2.40. The maximum Gasteiger partial charge on any atom is 0.410 e. The van der Waals surface area contributed by atoms with Crippen molar-refractivity contribution in [3.8, 4) is 11.8 Å². The van der Waals surface area contributed by atoms with Gasteiger partial charge in [-0.05, 0) is 76.2 Å². The van der Waals surface area contributed by atoms with Crippen LogP contribution in [-0.2, 0) is 25.6 Å². The van der Waals surface area contributed by atoms with Crippen LogP contribution in [0.3, 0.4) is 0 Å². The molecule has 43 heavy (non-hydrogen) atoms. The molecule has 0 N–H and O–H groups in total. The molecule has 3 rings (SSSR count). The number of alkyl halides is 2. The monoisotopic (exact) mass is 601 g/mol. The standard InChI is InChI=1S/C35H49F2NO5/c1-8-27(28-15-16-33(6,7)24-29(28)30(39)41-9-2)23-35(36,37)18-17-34(42-25-26-13-11-10-12-14-26)19-21-38(22-20-34)31(40)43-32(3,4)5/h10-14,27H,8-9,15-16,19-25H2,1-7H3. The number of likely N-dealkylation sites (tertiary alicyclic amines) is 1. The molecule has 0 saturated carbocycles. The lowest BCUT2D eigenvalue weighted by Gasteiger charge is -2.39. The van der Waals surface area contributed by atoms with Gasteiger partial charge in [-0.25, -0.2) is 9.59 Å². The zero-order valence-corrected chi connectivity index (χ0v) is 27.0. The van der Waals surface area contributed by atoms with E-state index in [2.05, 4.69) is 25.7 Å². The predicted octanol–water partition coefficient (Wildman–Crippen LogP) is 8.10. The molecular weight excluding hydrogens is 552 g/mol. The smallest absolute Gasteiger partial charge is 0.410 e. The van der Waals surface area contributed by atoms with Crippen LogP contribution in [-0.4, -0.2) is 53.8 Å². The summed E-state index contributed by atoms with van der Waals surface area (Å²) in [6, 6.07) is 9.52. The van der Waals surface area contributed by atoms with Crippen LogP contribution >= 0.6 is 0 Å².